The van der Waals surface area contributed by atoms with E-state index < -0.39 is 0 Å². The van der Waals surface area contributed by atoms with Crippen LogP contribution in [0.15, 0.2) is 18.2 Å². The fourth-order valence-corrected chi connectivity index (χ4v) is 1.65. The van der Waals surface area contributed by atoms with E-state index in [4.69, 9.17) is 15.9 Å². The largest absolute Gasteiger partial charge is 0.397 e. The fourth-order valence-electron chi connectivity index (χ4n) is 1.65. The Morgan fingerprint density at radius 2 is 1.94 bits per heavy atom. The molecule has 5 N–H and O–H groups in total. The van der Waals surface area contributed by atoms with Crippen molar-refractivity contribution in [3.8, 4) is 0 Å². The lowest BCUT2D eigenvalue weighted by Gasteiger charge is -2.24. The van der Waals surface area contributed by atoms with E-state index in [1.807, 2.05) is 4.90 Å². The van der Waals surface area contributed by atoms with E-state index in [1.165, 1.54) is 6.92 Å². The number of amides is 1. The number of nitrogens with one attached hydrogen (secondary N) is 1. The maximum atomic E-state index is 11.0. The molecule has 0 aliphatic carbocycles. The van der Waals surface area contributed by atoms with Gasteiger partial charge in [0.15, 0.2) is 0 Å². The van der Waals surface area contributed by atoms with Gasteiger partial charge in [0.05, 0.1) is 24.6 Å². The molecule has 100 valence electrons. The molecule has 0 heterocycles. The molecule has 1 aromatic rings. The first-order valence-corrected chi connectivity index (χ1v) is 5.72. The third kappa shape index (κ3) is 3.90. The van der Waals surface area contributed by atoms with E-state index in [0.29, 0.717) is 24.5 Å². The number of hydrogen-bond donors (Lipinski definition) is 4. The predicted molar refractivity (Wildman–Crippen MR) is 71.5 cm³/mol. The Labute approximate surface area is 106 Å². The second-order valence-corrected chi connectivity index (χ2v) is 3.89. The Morgan fingerprint density at radius 1 is 1.33 bits per heavy atom. The standard InChI is InChI=1S/C12H19N3O3/c1-9(18)14-12-8-10(2-3-11(12)13)15(4-6-16)5-7-17/h2-3,8,16-17H,4-7,13H2,1H3,(H,14,18). The number of carbonyl (C=O) groups excluding carboxylic acids is 1. The summed E-state index contributed by atoms with van der Waals surface area (Å²) in [7, 11) is 0. The van der Waals surface area contributed by atoms with Crippen LogP contribution in [0, 0.1) is 0 Å². The van der Waals surface area contributed by atoms with Crippen molar-refractivity contribution >= 4 is 23.0 Å². The molecule has 0 aliphatic rings. The van der Waals surface area contributed by atoms with Crippen LogP contribution in [0.25, 0.3) is 0 Å². The normalized spacial score (nSPS) is 10.2. The monoisotopic (exact) mass is 253 g/mol. The minimum Gasteiger partial charge on any atom is -0.397 e. The van der Waals surface area contributed by atoms with Gasteiger partial charge in [0.2, 0.25) is 5.91 Å². The maximum Gasteiger partial charge on any atom is 0.221 e. The van der Waals surface area contributed by atoms with Gasteiger partial charge in [-0.15, -0.1) is 0 Å². The van der Waals surface area contributed by atoms with Crippen molar-refractivity contribution in [2.24, 2.45) is 0 Å². The third-order valence-electron chi connectivity index (χ3n) is 2.45. The van der Waals surface area contributed by atoms with Crippen molar-refractivity contribution < 1.29 is 15.0 Å². The van der Waals surface area contributed by atoms with Crippen LogP contribution in [0.1, 0.15) is 6.92 Å². The van der Waals surface area contributed by atoms with Crippen molar-refractivity contribution in [2.45, 2.75) is 6.92 Å². The number of rotatable bonds is 6. The molecule has 0 spiro atoms. The van der Waals surface area contributed by atoms with Crippen molar-refractivity contribution in [3.63, 3.8) is 0 Å². The first-order valence-electron chi connectivity index (χ1n) is 5.72. The van der Waals surface area contributed by atoms with E-state index in [0.717, 1.165) is 5.69 Å². The van der Waals surface area contributed by atoms with E-state index in [9.17, 15) is 4.79 Å². The molecule has 0 saturated carbocycles. The van der Waals surface area contributed by atoms with Gasteiger partial charge in [-0.05, 0) is 18.2 Å². The lowest BCUT2D eigenvalue weighted by molar-refractivity contribution is -0.114. The van der Waals surface area contributed by atoms with Crippen molar-refractivity contribution in [1.82, 2.24) is 0 Å². The predicted octanol–water partition coefficient (Wildman–Crippen LogP) is 0.0182. The first kappa shape index (κ1) is 14.3. The number of hydrogen-bond acceptors (Lipinski definition) is 5. The van der Waals surface area contributed by atoms with Crippen LogP contribution in [0.2, 0.25) is 0 Å². The molecule has 1 rings (SSSR count). The van der Waals surface area contributed by atoms with Crippen LogP contribution in [0.3, 0.4) is 0 Å². The van der Waals surface area contributed by atoms with Gasteiger partial charge in [-0.3, -0.25) is 4.79 Å². The van der Waals surface area contributed by atoms with Crippen LogP contribution in [0.4, 0.5) is 17.1 Å². The molecule has 0 aromatic heterocycles. The van der Waals surface area contributed by atoms with Gasteiger partial charge in [-0.25, -0.2) is 0 Å². The van der Waals surface area contributed by atoms with Crippen LogP contribution < -0.4 is 16.0 Å². The Balaban J connectivity index is 2.96. The lowest BCUT2D eigenvalue weighted by Crippen LogP contribution is -2.29. The summed E-state index contributed by atoms with van der Waals surface area (Å²) in [4.78, 5) is 12.8. The zero-order valence-electron chi connectivity index (χ0n) is 10.4. The molecule has 1 amide bonds. The second-order valence-electron chi connectivity index (χ2n) is 3.89. The highest BCUT2D eigenvalue weighted by molar-refractivity contribution is 5.93. The lowest BCUT2D eigenvalue weighted by atomic mass is 10.2. The first-order chi connectivity index (χ1) is 8.58. The minimum absolute atomic E-state index is 0.0140. The Bertz CT molecular complexity index is 404. The molecule has 1 aromatic carbocycles. The Hall–Kier alpha value is -1.79. The highest BCUT2D eigenvalue weighted by atomic mass is 16.3. The van der Waals surface area contributed by atoms with E-state index in [1.54, 1.807) is 18.2 Å². The quantitative estimate of drug-likeness (QED) is 0.536. The summed E-state index contributed by atoms with van der Waals surface area (Å²) in [5, 5.41) is 20.6. The number of nitrogens with two attached hydrogens (primary N) is 1. The fraction of sp³-hybridized carbons (Fsp3) is 0.417. The summed E-state index contributed by atoms with van der Waals surface area (Å²) >= 11 is 0. The van der Waals surface area contributed by atoms with E-state index in [-0.39, 0.29) is 19.1 Å². The molecule has 6 nitrogen and oxygen atoms in total. The number of benzene rings is 1. The SMILES string of the molecule is CC(=O)Nc1cc(N(CCO)CCO)ccc1N. The molecule has 0 radical (unpaired) electrons. The zero-order chi connectivity index (χ0) is 13.5. The summed E-state index contributed by atoms with van der Waals surface area (Å²) < 4.78 is 0. The van der Waals surface area contributed by atoms with Crippen molar-refractivity contribution in [2.75, 3.05) is 42.3 Å². The van der Waals surface area contributed by atoms with Gasteiger partial charge in [0, 0.05) is 25.7 Å². The number of aliphatic hydroxyl groups excluding tert-OH is 2. The summed E-state index contributed by atoms with van der Waals surface area (Å²) in [5.41, 5.74) is 7.54. The summed E-state index contributed by atoms with van der Waals surface area (Å²) in [5.74, 6) is -0.199. The highest BCUT2D eigenvalue weighted by Crippen LogP contribution is 2.25. The summed E-state index contributed by atoms with van der Waals surface area (Å²) in [6, 6.07) is 5.19. The van der Waals surface area contributed by atoms with Crippen molar-refractivity contribution in [1.29, 1.82) is 0 Å². The molecule has 0 fully saturated rings. The third-order valence-corrected chi connectivity index (χ3v) is 2.45. The number of nitrogens with zero attached hydrogens (tertiary/aromatic N) is 1. The van der Waals surface area contributed by atoms with Crippen LogP contribution in [-0.4, -0.2) is 42.4 Å². The highest BCUT2D eigenvalue weighted by Gasteiger charge is 2.08. The molecule has 0 atom stereocenters. The van der Waals surface area contributed by atoms with Crippen molar-refractivity contribution in [3.05, 3.63) is 18.2 Å². The average molecular weight is 253 g/mol. The molecule has 0 aliphatic heterocycles. The topological polar surface area (TPSA) is 98.8 Å². The summed E-state index contributed by atoms with van der Waals surface area (Å²) in [6.45, 7) is 2.19. The number of carbonyl (C=O) groups is 1. The molecule has 0 bridgehead atoms. The van der Waals surface area contributed by atoms with Crippen LogP contribution in [-0.2, 0) is 4.79 Å². The van der Waals surface area contributed by atoms with Crippen LogP contribution >= 0.6 is 0 Å². The Kier molecular flexibility index (Phi) is 5.41. The number of anilines is 3. The molecule has 18 heavy (non-hydrogen) atoms. The van der Waals surface area contributed by atoms with Gasteiger partial charge in [-0.2, -0.15) is 0 Å². The molecule has 6 heteroatoms. The average Bonchev–Trinajstić information content (AvgIpc) is 2.31. The van der Waals surface area contributed by atoms with Gasteiger partial charge >= 0.3 is 0 Å². The molecular weight excluding hydrogens is 234 g/mol. The van der Waals surface area contributed by atoms with E-state index >= 15 is 0 Å². The van der Waals surface area contributed by atoms with Gasteiger partial charge in [0.25, 0.3) is 0 Å². The minimum atomic E-state index is -0.199. The smallest absolute Gasteiger partial charge is 0.221 e. The van der Waals surface area contributed by atoms with Gasteiger partial charge in [0.1, 0.15) is 0 Å². The molecule has 0 saturated heterocycles. The van der Waals surface area contributed by atoms with Gasteiger partial charge in [-0.1, -0.05) is 0 Å². The Morgan fingerprint density at radius 3 is 2.44 bits per heavy atom. The number of nitrogen functional groups attached to an aromatic ring is 1. The number of aliphatic hydroxyl groups is 2. The van der Waals surface area contributed by atoms with E-state index in [2.05, 4.69) is 5.32 Å². The summed E-state index contributed by atoms with van der Waals surface area (Å²) in [6.07, 6.45) is 0. The zero-order valence-corrected chi connectivity index (χ0v) is 10.4. The second kappa shape index (κ2) is 6.83. The van der Waals surface area contributed by atoms with Gasteiger partial charge < -0.3 is 26.2 Å². The molecule has 0 unspecified atom stereocenters. The molecular formula is C12H19N3O3. The van der Waals surface area contributed by atoms with Crippen LogP contribution in [0.5, 0.6) is 0 Å². The maximum absolute atomic E-state index is 11.0.